The normalized spacial score (nSPS) is 17.9. The molecule has 0 bridgehead atoms. The van der Waals surface area contributed by atoms with Crippen LogP contribution in [0.15, 0.2) is 54.9 Å². The highest BCUT2D eigenvalue weighted by Crippen LogP contribution is 2.45. The first-order valence-corrected chi connectivity index (χ1v) is 13.5. The third-order valence-electron chi connectivity index (χ3n) is 7.09. The maximum Gasteiger partial charge on any atom is 0.274 e. The second-order valence-corrected chi connectivity index (χ2v) is 10.8. The molecule has 2 amide bonds. The van der Waals surface area contributed by atoms with Crippen LogP contribution in [0.5, 0.6) is 0 Å². The number of pyridine rings is 1. The number of aromatic nitrogens is 3. The van der Waals surface area contributed by atoms with Gasteiger partial charge in [0.1, 0.15) is 17.0 Å². The number of likely N-dealkylation sites (tertiary alicyclic amines) is 1. The van der Waals surface area contributed by atoms with Gasteiger partial charge in [-0.25, -0.2) is 9.97 Å². The monoisotopic (exact) mass is 499 g/mol. The number of amides is 2. The number of imidazole rings is 1. The Balaban J connectivity index is 1.24. The largest absolute Gasteiger partial charge is 0.349 e. The van der Waals surface area contributed by atoms with E-state index in [4.69, 9.17) is 4.98 Å². The lowest BCUT2D eigenvalue weighted by atomic mass is 10.0. The molecule has 4 aromatic rings. The summed E-state index contributed by atoms with van der Waals surface area (Å²) in [5.41, 5.74) is 4.01. The molecule has 8 heteroatoms. The lowest BCUT2D eigenvalue weighted by Gasteiger charge is -2.35. The predicted octanol–water partition coefficient (Wildman–Crippen LogP) is 5.07. The van der Waals surface area contributed by atoms with Crippen LogP contribution in [-0.2, 0) is 0 Å². The summed E-state index contributed by atoms with van der Waals surface area (Å²) in [5.74, 6) is 0.280. The third-order valence-corrected chi connectivity index (χ3v) is 8.36. The number of piperidine rings is 1. The van der Waals surface area contributed by atoms with Crippen molar-refractivity contribution in [2.75, 3.05) is 13.1 Å². The number of thiazole rings is 1. The van der Waals surface area contributed by atoms with Crippen LogP contribution in [0.3, 0.4) is 0 Å². The van der Waals surface area contributed by atoms with E-state index in [1.54, 1.807) is 21.9 Å². The first-order chi connectivity index (χ1) is 17.6. The van der Waals surface area contributed by atoms with Crippen molar-refractivity contribution in [1.82, 2.24) is 24.6 Å². The van der Waals surface area contributed by atoms with Gasteiger partial charge < -0.3 is 10.2 Å². The van der Waals surface area contributed by atoms with Gasteiger partial charge in [-0.3, -0.25) is 14.0 Å². The van der Waals surface area contributed by atoms with E-state index in [1.807, 2.05) is 35.4 Å². The van der Waals surface area contributed by atoms with Crippen molar-refractivity contribution >= 4 is 28.8 Å². The minimum atomic E-state index is -0.184. The summed E-state index contributed by atoms with van der Waals surface area (Å²) in [7, 11) is 0. The second-order valence-electron chi connectivity index (χ2n) is 9.80. The average Bonchev–Trinajstić information content (AvgIpc) is 3.51. The Morgan fingerprint density at radius 2 is 2.00 bits per heavy atom. The standard InChI is InChI=1S/C28H29N5O2S/c1-18-7-6-8-20(15-18)25-24(31-27(36-25)19-11-12-19)28(35)32-13-4-2-9-21(32)16-30-26(34)22-17-29-23-10-3-5-14-33(22)23/h3,5-8,10,14-15,17,19,21H,2,4,9,11-13,16H2,1H3,(H,30,34)/t21-/m0/s1. The van der Waals surface area contributed by atoms with Gasteiger partial charge in [0.2, 0.25) is 0 Å². The average molecular weight is 500 g/mol. The van der Waals surface area contributed by atoms with Crippen LogP contribution in [0, 0.1) is 6.92 Å². The minimum absolute atomic E-state index is 0.0246. The molecule has 1 N–H and O–H groups in total. The number of aryl methyl sites for hydroxylation is 1. The molecule has 1 saturated heterocycles. The Kier molecular flexibility index (Phi) is 6.05. The molecule has 6 rings (SSSR count). The van der Waals surface area contributed by atoms with E-state index in [-0.39, 0.29) is 17.9 Å². The van der Waals surface area contributed by atoms with Gasteiger partial charge in [0.15, 0.2) is 0 Å². The van der Waals surface area contributed by atoms with E-state index >= 15 is 0 Å². The Morgan fingerprint density at radius 3 is 2.83 bits per heavy atom. The molecule has 2 fully saturated rings. The fraction of sp³-hybridized carbons (Fsp3) is 0.357. The van der Waals surface area contributed by atoms with Crippen molar-refractivity contribution in [3.05, 3.63) is 76.8 Å². The fourth-order valence-electron chi connectivity index (χ4n) is 4.99. The van der Waals surface area contributed by atoms with Gasteiger partial charge in [0, 0.05) is 31.2 Å². The minimum Gasteiger partial charge on any atom is -0.349 e. The predicted molar refractivity (Wildman–Crippen MR) is 140 cm³/mol. The molecule has 36 heavy (non-hydrogen) atoms. The Labute approximate surface area is 214 Å². The molecule has 4 heterocycles. The summed E-state index contributed by atoms with van der Waals surface area (Å²) < 4.78 is 1.78. The molecular weight excluding hydrogens is 470 g/mol. The topological polar surface area (TPSA) is 79.6 Å². The number of hydrogen-bond acceptors (Lipinski definition) is 5. The van der Waals surface area contributed by atoms with Crippen molar-refractivity contribution < 1.29 is 9.59 Å². The van der Waals surface area contributed by atoms with Crippen molar-refractivity contribution in [3.63, 3.8) is 0 Å². The molecule has 2 aliphatic rings. The quantitative estimate of drug-likeness (QED) is 0.402. The van der Waals surface area contributed by atoms with Gasteiger partial charge in [-0.1, -0.05) is 35.9 Å². The van der Waals surface area contributed by atoms with Crippen molar-refractivity contribution in [3.8, 4) is 10.4 Å². The highest BCUT2D eigenvalue weighted by Gasteiger charge is 2.34. The smallest absolute Gasteiger partial charge is 0.274 e. The van der Waals surface area contributed by atoms with Crippen molar-refractivity contribution in [2.45, 2.75) is 51.0 Å². The maximum atomic E-state index is 13.9. The SMILES string of the molecule is Cc1cccc(-c2sc(C3CC3)nc2C(=O)N2CCCC[C@H]2CNC(=O)c2cnc3ccccn23)c1. The molecule has 1 aliphatic carbocycles. The number of carbonyl (C=O) groups is 2. The van der Waals surface area contributed by atoms with Crippen LogP contribution in [-0.4, -0.2) is 50.2 Å². The Bertz CT molecular complexity index is 1440. The van der Waals surface area contributed by atoms with Gasteiger partial charge in [0.25, 0.3) is 11.8 Å². The lowest BCUT2D eigenvalue weighted by molar-refractivity contribution is 0.0597. The van der Waals surface area contributed by atoms with Crippen LogP contribution in [0.4, 0.5) is 0 Å². The number of carbonyl (C=O) groups excluding carboxylic acids is 2. The van der Waals surface area contributed by atoms with Gasteiger partial charge >= 0.3 is 0 Å². The van der Waals surface area contributed by atoms with Crippen LogP contribution in [0.25, 0.3) is 16.1 Å². The van der Waals surface area contributed by atoms with E-state index in [9.17, 15) is 9.59 Å². The Morgan fingerprint density at radius 1 is 1.11 bits per heavy atom. The fourth-order valence-corrected chi connectivity index (χ4v) is 6.21. The summed E-state index contributed by atoms with van der Waals surface area (Å²) in [6.07, 6.45) is 8.58. The zero-order valence-electron chi connectivity index (χ0n) is 20.3. The number of benzene rings is 1. The molecule has 3 aromatic heterocycles. The highest BCUT2D eigenvalue weighted by molar-refractivity contribution is 7.15. The zero-order valence-corrected chi connectivity index (χ0v) is 21.1. The summed E-state index contributed by atoms with van der Waals surface area (Å²) in [6, 6.07) is 13.9. The van der Waals surface area contributed by atoms with Gasteiger partial charge in [0.05, 0.1) is 16.1 Å². The van der Waals surface area contributed by atoms with Crippen molar-refractivity contribution in [1.29, 1.82) is 0 Å². The molecule has 0 spiro atoms. The lowest BCUT2D eigenvalue weighted by Crippen LogP contribution is -2.49. The maximum absolute atomic E-state index is 13.9. The summed E-state index contributed by atoms with van der Waals surface area (Å²) >= 11 is 1.67. The molecule has 0 radical (unpaired) electrons. The molecule has 7 nitrogen and oxygen atoms in total. The summed E-state index contributed by atoms with van der Waals surface area (Å²) in [6.45, 7) is 3.16. The van der Waals surface area contributed by atoms with Gasteiger partial charge in [-0.2, -0.15) is 0 Å². The number of nitrogens with zero attached hydrogens (tertiary/aromatic N) is 4. The number of rotatable bonds is 6. The first kappa shape index (κ1) is 22.9. The van der Waals surface area contributed by atoms with Crippen LogP contribution < -0.4 is 5.32 Å². The molecular formula is C28H29N5O2S. The molecule has 184 valence electrons. The van der Waals surface area contributed by atoms with E-state index in [0.29, 0.717) is 30.4 Å². The van der Waals surface area contributed by atoms with E-state index in [0.717, 1.165) is 53.2 Å². The number of fused-ring (bicyclic) bond motifs is 1. The van der Waals surface area contributed by atoms with E-state index in [2.05, 4.69) is 35.4 Å². The first-order valence-electron chi connectivity index (χ1n) is 12.7. The highest BCUT2D eigenvalue weighted by atomic mass is 32.1. The van der Waals surface area contributed by atoms with Gasteiger partial charge in [-0.15, -0.1) is 11.3 Å². The van der Waals surface area contributed by atoms with Gasteiger partial charge in [-0.05, 0) is 56.7 Å². The van der Waals surface area contributed by atoms with Crippen LogP contribution >= 0.6 is 11.3 Å². The van der Waals surface area contributed by atoms with Crippen molar-refractivity contribution in [2.24, 2.45) is 0 Å². The zero-order chi connectivity index (χ0) is 24.6. The number of nitrogens with one attached hydrogen (secondary N) is 1. The van der Waals surface area contributed by atoms with E-state index < -0.39 is 0 Å². The second kappa shape index (κ2) is 9.50. The van der Waals surface area contributed by atoms with E-state index in [1.165, 1.54) is 5.56 Å². The summed E-state index contributed by atoms with van der Waals surface area (Å²) in [4.78, 5) is 39.0. The van der Waals surface area contributed by atoms with Crippen LogP contribution in [0.1, 0.15) is 69.6 Å². The molecule has 0 unspecified atom stereocenters. The number of hydrogen-bond donors (Lipinski definition) is 1. The Hall–Kier alpha value is -3.52. The molecule has 1 atom stereocenters. The molecule has 1 aromatic carbocycles. The third kappa shape index (κ3) is 4.41. The van der Waals surface area contributed by atoms with Crippen LogP contribution in [0.2, 0.25) is 0 Å². The molecule has 1 aliphatic heterocycles. The summed E-state index contributed by atoms with van der Waals surface area (Å²) in [5, 5.41) is 4.13. The molecule has 1 saturated carbocycles.